The van der Waals surface area contributed by atoms with Crippen molar-refractivity contribution in [3.63, 3.8) is 0 Å². The number of anilines is 1. The van der Waals surface area contributed by atoms with E-state index in [0.717, 1.165) is 22.2 Å². The number of aromatic nitrogens is 1. The summed E-state index contributed by atoms with van der Waals surface area (Å²) in [5.41, 5.74) is 1.78. The van der Waals surface area contributed by atoms with E-state index in [0.29, 0.717) is 5.13 Å². The molecule has 0 aliphatic carbocycles. The summed E-state index contributed by atoms with van der Waals surface area (Å²) < 4.78 is 13.8. The summed E-state index contributed by atoms with van der Waals surface area (Å²) in [6.07, 6.45) is 0. The van der Waals surface area contributed by atoms with Gasteiger partial charge in [0.2, 0.25) is 0 Å². The molecule has 1 N–H and O–H groups in total. The second-order valence-corrected chi connectivity index (χ2v) is 6.31. The van der Waals surface area contributed by atoms with Gasteiger partial charge in [-0.05, 0) is 30.7 Å². The molecule has 0 bridgehead atoms. The number of nitrogens with zero attached hydrogens (tertiary/aromatic N) is 1. The lowest BCUT2D eigenvalue weighted by molar-refractivity contribution is 0.102. The molecule has 0 aliphatic rings. The van der Waals surface area contributed by atoms with E-state index in [1.54, 1.807) is 0 Å². The first-order chi connectivity index (χ1) is 11.0. The largest absolute Gasteiger partial charge is 0.298 e. The normalized spacial score (nSPS) is 10.6. The first-order valence-electron chi connectivity index (χ1n) is 6.84. The Labute approximate surface area is 141 Å². The molecule has 23 heavy (non-hydrogen) atoms. The Bertz CT molecular complexity index is 864. The van der Waals surface area contributed by atoms with E-state index in [9.17, 15) is 9.18 Å². The van der Waals surface area contributed by atoms with Crippen LogP contribution in [0.5, 0.6) is 0 Å². The van der Waals surface area contributed by atoms with Gasteiger partial charge in [0.05, 0.1) is 16.1 Å². The van der Waals surface area contributed by atoms with Crippen LogP contribution in [0.3, 0.4) is 0 Å². The van der Waals surface area contributed by atoms with Gasteiger partial charge in [-0.1, -0.05) is 53.3 Å². The van der Waals surface area contributed by atoms with E-state index in [1.807, 2.05) is 37.3 Å². The average Bonchev–Trinajstić information content (AvgIpc) is 2.88. The van der Waals surface area contributed by atoms with E-state index in [-0.39, 0.29) is 10.6 Å². The lowest BCUT2D eigenvalue weighted by Crippen LogP contribution is -2.13. The van der Waals surface area contributed by atoms with Crippen molar-refractivity contribution >= 4 is 34.0 Å². The number of carbonyl (C=O) groups is 1. The van der Waals surface area contributed by atoms with Gasteiger partial charge in [-0.25, -0.2) is 9.37 Å². The van der Waals surface area contributed by atoms with Crippen molar-refractivity contribution in [2.75, 3.05) is 5.32 Å². The number of thiazole rings is 1. The van der Waals surface area contributed by atoms with E-state index in [1.165, 1.54) is 23.5 Å². The van der Waals surface area contributed by atoms with E-state index in [4.69, 9.17) is 11.6 Å². The molecule has 1 heterocycles. The second-order valence-electron chi connectivity index (χ2n) is 4.88. The molecule has 1 amide bonds. The average molecular weight is 347 g/mol. The zero-order chi connectivity index (χ0) is 16.4. The van der Waals surface area contributed by atoms with Gasteiger partial charge < -0.3 is 0 Å². The van der Waals surface area contributed by atoms with Crippen LogP contribution in [0.25, 0.3) is 10.4 Å². The summed E-state index contributed by atoms with van der Waals surface area (Å²) in [7, 11) is 0. The molecule has 6 heteroatoms. The third-order valence-corrected chi connectivity index (χ3v) is 4.59. The van der Waals surface area contributed by atoms with Crippen molar-refractivity contribution in [2.45, 2.75) is 6.92 Å². The molecule has 0 fully saturated rings. The number of hydrogen-bond acceptors (Lipinski definition) is 3. The summed E-state index contributed by atoms with van der Waals surface area (Å²) >= 11 is 7.04. The molecule has 1 aromatic heterocycles. The van der Waals surface area contributed by atoms with Gasteiger partial charge in [0.25, 0.3) is 5.91 Å². The van der Waals surface area contributed by atoms with Crippen LogP contribution in [-0.4, -0.2) is 10.9 Å². The fourth-order valence-electron chi connectivity index (χ4n) is 2.15. The minimum Gasteiger partial charge on any atom is -0.298 e. The Morgan fingerprint density at radius 3 is 2.65 bits per heavy atom. The number of halogens is 2. The molecule has 0 atom stereocenters. The summed E-state index contributed by atoms with van der Waals surface area (Å²) in [5.74, 6) is -1.21. The predicted octanol–water partition coefficient (Wildman–Crippen LogP) is 5.16. The fraction of sp³-hybridized carbons (Fsp3) is 0.0588. The van der Waals surface area contributed by atoms with Crippen molar-refractivity contribution in [3.05, 3.63) is 70.6 Å². The fourth-order valence-corrected chi connectivity index (χ4v) is 3.27. The highest BCUT2D eigenvalue weighted by Crippen LogP contribution is 2.32. The SMILES string of the molecule is Cc1nc(NC(=O)c2ccc(Cl)cc2F)sc1-c1ccccc1. The molecule has 3 rings (SSSR count). The molecule has 0 unspecified atom stereocenters. The monoisotopic (exact) mass is 346 g/mol. The number of nitrogens with one attached hydrogen (secondary N) is 1. The molecule has 0 saturated carbocycles. The molecule has 116 valence electrons. The smallest absolute Gasteiger partial charge is 0.260 e. The highest BCUT2D eigenvalue weighted by atomic mass is 35.5. The molecule has 0 aliphatic heterocycles. The van der Waals surface area contributed by atoms with Gasteiger partial charge in [0, 0.05) is 5.02 Å². The number of benzene rings is 2. The molecule has 0 radical (unpaired) electrons. The Morgan fingerprint density at radius 1 is 1.22 bits per heavy atom. The third kappa shape index (κ3) is 3.41. The van der Waals surface area contributed by atoms with Crippen LogP contribution in [0.15, 0.2) is 48.5 Å². The van der Waals surface area contributed by atoms with E-state index in [2.05, 4.69) is 10.3 Å². The second kappa shape index (κ2) is 6.48. The van der Waals surface area contributed by atoms with Crippen molar-refractivity contribution in [1.29, 1.82) is 0 Å². The van der Waals surface area contributed by atoms with Crippen LogP contribution in [0.1, 0.15) is 16.1 Å². The van der Waals surface area contributed by atoms with Crippen LogP contribution in [0.2, 0.25) is 5.02 Å². The number of amides is 1. The lowest BCUT2D eigenvalue weighted by Gasteiger charge is -2.03. The number of carbonyl (C=O) groups excluding carboxylic acids is 1. The van der Waals surface area contributed by atoms with Gasteiger partial charge in [-0.15, -0.1) is 0 Å². The lowest BCUT2D eigenvalue weighted by atomic mass is 10.2. The van der Waals surface area contributed by atoms with Crippen molar-refractivity contribution in [1.82, 2.24) is 4.98 Å². The molecular weight excluding hydrogens is 335 g/mol. The van der Waals surface area contributed by atoms with Crippen LogP contribution in [0, 0.1) is 12.7 Å². The highest BCUT2D eigenvalue weighted by Gasteiger charge is 2.16. The minimum absolute atomic E-state index is 0.0662. The Hall–Kier alpha value is -2.24. The quantitative estimate of drug-likeness (QED) is 0.711. The van der Waals surface area contributed by atoms with Gasteiger partial charge in [0.1, 0.15) is 5.82 Å². The zero-order valence-electron chi connectivity index (χ0n) is 12.1. The maximum absolute atomic E-state index is 13.8. The topological polar surface area (TPSA) is 42.0 Å². The van der Waals surface area contributed by atoms with Crippen LogP contribution < -0.4 is 5.32 Å². The molecule has 3 nitrogen and oxygen atoms in total. The van der Waals surface area contributed by atoms with Crippen molar-refractivity contribution < 1.29 is 9.18 Å². The highest BCUT2D eigenvalue weighted by molar-refractivity contribution is 7.19. The maximum atomic E-state index is 13.8. The van der Waals surface area contributed by atoms with Crippen molar-refractivity contribution in [3.8, 4) is 10.4 Å². The van der Waals surface area contributed by atoms with E-state index >= 15 is 0 Å². The maximum Gasteiger partial charge on any atom is 0.260 e. The van der Waals surface area contributed by atoms with E-state index < -0.39 is 11.7 Å². The zero-order valence-corrected chi connectivity index (χ0v) is 13.7. The van der Waals surface area contributed by atoms with Crippen LogP contribution >= 0.6 is 22.9 Å². The van der Waals surface area contributed by atoms with Crippen molar-refractivity contribution in [2.24, 2.45) is 0 Å². The number of rotatable bonds is 3. The number of hydrogen-bond donors (Lipinski definition) is 1. The standard InChI is InChI=1S/C17H12ClFN2OS/c1-10-15(11-5-3-2-4-6-11)23-17(20-10)21-16(22)13-8-7-12(18)9-14(13)19/h2-9H,1H3,(H,20,21,22). The van der Waals surface area contributed by atoms with Crippen LogP contribution in [0.4, 0.5) is 9.52 Å². The first kappa shape index (κ1) is 15.6. The van der Waals surface area contributed by atoms with Crippen LogP contribution in [-0.2, 0) is 0 Å². The molecule has 3 aromatic rings. The summed E-state index contributed by atoms with van der Waals surface area (Å²) in [5, 5.41) is 3.31. The van der Waals surface area contributed by atoms with Gasteiger partial charge in [-0.2, -0.15) is 0 Å². The van der Waals surface area contributed by atoms with Gasteiger partial charge >= 0.3 is 0 Å². The Balaban J connectivity index is 1.85. The first-order valence-corrected chi connectivity index (χ1v) is 8.03. The van der Waals surface area contributed by atoms with Gasteiger partial charge in [-0.3, -0.25) is 10.1 Å². The van der Waals surface area contributed by atoms with Gasteiger partial charge in [0.15, 0.2) is 5.13 Å². The molecule has 2 aromatic carbocycles. The minimum atomic E-state index is -0.661. The predicted molar refractivity (Wildman–Crippen MR) is 91.7 cm³/mol. The molecule has 0 spiro atoms. The summed E-state index contributed by atoms with van der Waals surface area (Å²) in [6, 6.07) is 13.7. The number of aryl methyl sites for hydroxylation is 1. The summed E-state index contributed by atoms with van der Waals surface area (Å²) in [6.45, 7) is 1.87. The third-order valence-electron chi connectivity index (χ3n) is 3.23. The Morgan fingerprint density at radius 2 is 1.96 bits per heavy atom. The Kier molecular flexibility index (Phi) is 4.41. The summed E-state index contributed by atoms with van der Waals surface area (Å²) in [4.78, 5) is 17.5. The molecular formula is C17H12ClFN2OS. The molecule has 0 saturated heterocycles.